The molecule has 172 valence electrons. The number of aryl methyl sites for hydroxylation is 1. The minimum atomic E-state index is 0.0263. The van der Waals surface area contributed by atoms with Crippen molar-refractivity contribution < 1.29 is 14.6 Å². The molecule has 3 aliphatic rings. The molecular formula is C27H36N2O3. The second-order valence-corrected chi connectivity index (χ2v) is 9.51. The number of fused-ring (bicyclic) bond motifs is 9. The van der Waals surface area contributed by atoms with Crippen molar-refractivity contribution in [3.63, 3.8) is 0 Å². The van der Waals surface area contributed by atoms with E-state index in [1.807, 2.05) is 48.2 Å². The molecule has 3 aliphatic heterocycles. The van der Waals surface area contributed by atoms with Gasteiger partial charge in [-0.05, 0) is 69.3 Å². The monoisotopic (exact) mass is 436 g/mol. The second-order valence-electron chi connectivity index (χ2n) is 9.51. The van der Waals surface area contributed by atoms with Gasteiger partial charge >= 0.3 is 0 Å². The van der Waals surface area contributed by atoms with Crippen LogP contribution >= 0.6 is 0 Å². The number of aliphatic hydroxyl groups excluding tert-OH is 1. The van der Waals surface area contributed by atoms with Crippen LogP contribution in [-0.2, 0) is 6.54 Å². The van der Waals surface area contributed by atoms with E-state index in [0.717, 1.165) is 68.6 Å². The summed E-state index contributed by atoms with van der Waals surface area (Å²) in [6.45, 7) is 6.93. The molecule has 0 aromatic heterocycles. The number of aliphatic hydroxyl groups is 1. The van der Waals surface area contributed by atoms with Crippen molar-refractivity contribution in [2.45, 2.75) is 45.6 Å². The van der Waals surface area contributed by atoms with E-state index in [1.165, 1.54) is 5.56 Å². The van der Waals surface area contributed by atoms with Gasteiger partial charge in [0.2, 0.25) is 0 Å². The first-order valence-corrected chi connectivity index (χ1v) is 12.0. The third-order valence-electron chi connectivity index (χ3n) is 7.21. The molecule has 1 N–H and O–H groups in total. The van der Waals surface area contributed by atoms with Gasteiger partial charge in [-0.2, -0.15) is 0 Å². The molecule has 0 aliphatic carbocycles. The maximum Gasteiger partial charge on any atom is 0.253 e. The summed E-state index contributed by atoms with van der Waals surface area (Å²) in [6, 6.07) is 16.0. The summed E-state index contributed by atoms with van der Waals surface area (Å²) in [5.74, 6) is 0.971. The lowest BCUT2D eigenvalue weighted by Crippen LogP contribution is -2.41. The van der Waals surface area contributed by atoms with Gasteiger partial charge < -0.3 is 14.7 Å². The molecule has 5 nitrogen and oxygen atoms in total. The van der Waals surface area contributed by atoms with Crippen LogP contribution in [0.4, 0.5) is 0 Å². The van der Waals surface area contributed by atoms with Crippen LogP contribution in [-0.4, -0.2) is 60.2 Å². The summed E-state index contributed by atoms with van der Waals surface area (Å²) in [4.78, 5) is 17.6. The maximum atomic E-state index is 13.2. The van der Waals surface area contributed by atoms with Gasteiger partial charge in [-0.1, -0.05) is 42.3 Å². The number of hydrogen-bond donors (Lipinski definition) is 1. The van der Waals surface area contributed by atoms with E-state index >= 15 is 0 Å². The van der Waals surface area contributed by atoms with E-state index in [0.29, 0.717) is 19.7 Å². The van der Waals surface area contributed by atoms with Crippen LogP contribution in [0.25, 0.3) is 0 Å². The molecule has 32 heavy (non-hydrogen) atoms. The number of rotatable bonds is 2. The Morgan fingerprint density at radius 3 is 2.47 bits per heavy atom. The van der Waals surface area contributed by atoms with Gasteiger partial charge in [0.15, 0.2) is 0 Å². The van der Waals surface area contributed by atoms with Gasteiger partial charge in [-0.3, -0.25) is 9.69 Å². The van der Waals surface area contributed by atoms with Crippen molar-refractivity contribution in [2.24, 2.45) is 5.41 Å². The molecule has 3 heterocycles. The molecule has 5 rings (SSSR count). The molecule has 2 aromatic rings. The van der Waals surface area contributed by atoms with E-state index in [1.54, 1.807) is 0 Å². The molecule has 1 amide bonds. The average Bonchev–Trinajstić information content (AvgIpc) is 2.83. The Kier molecular flexibility index (Phi) is 7.48. The fraction of sp³-hybridized carbons (Fsp3) is 0.519. The normalized spacial score (nSPS) is 24.7. The number of carbonyl (C=O) groups is 1. The van der Waals surface area contributed by atoms with E-state index in [9.17, 15) is 9.90 Å². The summed E-state index contributed by atoms with van der Waals surface area (Å²) in [7, 11) is 0. The minimum absolute atomic E-state index is 0.0263. The van der Waals surface area contributed by atoms with Gasteiger partial charge in [-0.25, -0.2) is 0 Å². The fourth-order valence-electron chi connectivity index (χ4n) is 4.95. The van der Waals surface area contributed by atoms with Crippen LogP contribution in [0, 0.1) is 12.3 Å². The maximum absolute atomic E-state index is 13.2. The predicted molar refractivity (Wildman–Crippen MR) is 127 cm³/mol. The van der Waals surface area contributed by atoms with Crippen molar-refractivity contribution >= 4 is 5.91 Å². The van der Waals surface area contributed by atoms with Crippen molar-refractivity contribution in [3.05, 3.63) is 65.2 Å². The van der Waals surface area contributed by atoms with Crippen molar-refractivity contribution in [2.75, 3.05) is 39.4 Å². The lowest BCUT2D eigenvalue weighted by atomic mass is 9.75. The molecule has 0 radical (unpaired) electrons. The number of benzene rings is 2. The van der Waals surface area contributed by atoms with Crippen molar-refractivity contribution in [1.82, 2.24) is 9.80 Å². The topological polar surface area (TPSA) is 53.0 Å². The highest BCUT2D eigenvalue weighted by Crippen LogP contribution is 2.37. The first-order chi connectivity index (χ1) is 15.6. The summed E-state index contributed by atoms with van der Waals surface area (Å²) < 4.78 is 6.19. The first-order valence-electron chi connectivity index (χ1n) is 12.0. The second kappa shape index (κ2) is 10.5. The zero-order chi connectivity index (χ0) is 22.4. The van der Waals surface area contributed by atoms with Gasteiger partial charge in [0.1, 0.15) is 12.4 Å². The average molecular weight is 437 g/mol. The Morgan fingerprint density at radius 2 is 1.72 bits per heavy atom. The minimum Gasteiger partial charge on any atom is -0.491 e. The Labute approximate surface area is 192 Å². The van der Waals surface area contributed by atoms with Crippen LogP contribution < -0.4 is 4.74 Å². The van der Waals surface area contributed by atoms with E-state index in [2.05, 4.69) is 17.0 Å². The summed E-state index contributed by atoms with van der Waals surface area (Å²) >= 11 is 0. The molecule has 0 atom stereocenters. The molecule has 1 fully saturated rings. The smallest absolute Gasteiger partial charge is 0.253 e. The molecule has 0 unspecified atom stereocenters. The first kappa shape index (κ1) is 22.8. The quantitative estimate of drug-likeness (QED) is 0.764. The molecule has 0 saturated carbocycles. The fourth-order valence-corrected chi connectivity index (χ4v) is 4.95. The lowest BCUT2D eigenvalue weighted by molar-refractivity contribution is 0.0319. The third kappa shape index (κ3) is 5.51. The Hall–Kier alpha value is -2.37. The number of amides is 1. The number of carbonyl (C=O) groups excluding carboxylic acids is 1. The zero-order valence-electron chi connectivity index (χ0n) is 19.3. The SMILES string of the molecule is Cc1ccc(C(=O)N2CCCCC3(CO)CCN(CC3)Cc3ccccc3OCC2)cc1. The zero-order valence-corrected chi connectivity index (χ0v) is 19.3. The standard InChI is InChI=1S/C27H36N2O3/c1-22-8-10-23(11-9-22)26(31)29-15-5-4-12-27(21-30)13-16-28(17-14-27)20-24-6-2-3-7-25(24)32-19-18-29/h2-3,6-11,30H,4-5,12-21H2,1H3. The number of nitrogens with zero attached hydrogens (tertiary/aromatic N) is 2. The van der Waals surface area contributed by atoms with Crippen LogP contribution in [0.15, 0.2) is 48.5 Å². The molecule has 1 saturated heterocycles. The van der Waals surface area contributed by atoms with Gasteiger partial charge in [-0.15, -0.1) is 0 Å². The van der Waals surface area contributed by atoms with Crippen molar-refractivity contribution in [3.8, 4) is 5.75 Å². The number of para-hydroxylation sites is 1. The third-order valence-corrected chi connectivity index (χ3v) is 7.21. The number of piperidine rings is 1. The van der Waals surface area contributed by atoms with E-state index in [4.69, 9.17) is 4.74 Å². The summed E-state index contributed by atoms with van der Waals surface area (Å²) in [6.07, 6.45) is 5.05. The predicted octanol–water partition coefficient (Wildman–Crippen LogP) is 4.27. The summed E-state index contributed by atoms with van der Waals surface area (Å²) in [5, 5.41) is 10.2. The molecular weight excluding hydrogens is 400 g/mol. The highest BCUT2D eigenvalue weighted by atomic mass is 16.5. The molecule has 2 aromatic carbocycles. The van der Waals surface area contributed by atoms with E-state index in [-0.39, 0.29) is 17.9 Å². The van der Waals surface area contributed by atoms with Gasteiger partial charge in [0.05, 0.1) is 6.54 Å². The Bertz CT molecular complexity index is 888. The van der Waals surface area contributed by atoms with Crippen LogP contribution in [0.2, 0.25) is 0 Å². The van der Waals surface area contributed by atoms with Crippen molar-refractivity contribution in [1.29, 1.82) is 0 Å². The van der Waals surface area contributed by atoms with Gasteiger partial charge in [0.25, 0.3) is 5.91 Å². The van der Waals surface area contributed by atoms with Crippen LogP contribution in [0.1, 0.15) is 53.6 Å². The number of ether oxygens (including phenoxy) is 1. The van der Waals surface area contributed by atoms with Crippen LogP contribution in [0.3, 0.4) is 0 Å². The van der Waals surface area contributed by atoms with E-state index < -0.39 is 0 Å². The molecule has 2 bridgehead atoms. The Balaban J connectivity index is 1.53. The highest BCUT2D eigenvalue weighted by Gasteiger charge is 2.34. The van der Waals surface area contributed by atoms with Gasteiger partial charge in [0, 0.05) is 30.8 Å². The Morgan fingerprint density at radius 1 is 0.969 bits per heavy atom. The lowest BCUT2D eigenvalue weighted by Gasteiger charge is -2.41. The molecule has 5 heteroatoms. The summed E-state index contributed by atoms with van der Waals surface area (Å²) in [5.41, 5.74) is 3.10. The van der Waals surface area contributed by atoms with Crippen LogP contribution in [0.5, 0.6) is 5.75 Å². The molecule has 0 spiro atoms. The largest absolute Gasteiger partial charge is 0.491 e. The number of hydrogen-bond acceptors (Lipinski definition) is 4. The highest BCUT2D eigenvalue weighted by molar-refractivity contribution is 5.94.